The highest BCUT2D eigenvalue weighted by atomic mass is 127. The fourth-order valence-electron chi connectivity index (χ4n) is 4.08. The SMILES string of the molecule is Cc1ccc(O)c(C(CC[N+]2(C)CCCCC2)c2ccccc2)c1.[I-]. The zero-order chi connectivity index (χ0) is 17.0. The zero-order valence-electron chi connectivity index (χ0n) is 15.4. The van der Waals surface area contributed by atoms with Gasteiger partial charge in [-0.3, -0.25) is 0 Å². The first-order valence-electron chi connectivity index (χ1n) is 9.25. The summed E-state index contributed by atoms with van der Waals surface area (Å²) in [6.07, 6.45) is 5.16. The van der Waals surface area contributed by atoms with Crippen LogP contribution in [0.4, 0.5) is 0 Å². The van der Waals surface area contributed by atoms with Gasteiger partial charge >= 0.3 is 0 Å². The number of phenols is 1. The number of hydrogen-bond acceptors (Lipinski definition) is 1. The van der Waals surface area contributed by atoms with Crippen LogP contribution in [0.15, 0.2) is 48.5 Å². The van der Waals surface area contributed by atoms with Crippen LogP contribution >= 0.6 is 0 Å². The van der Waals surface area contributed by atoms with Crippen molar-refractivity contribution in [1.29, 1.82) is 0 Å². The monoisotopic (exact) mass is 451 g/mol. The number of nitrogens with zero attached hydrogens (tertiary/aromatic N) is 1. The standard InChI is InChI=1S/C22H29NO.HI/c1-18-11-12-22(24)21(17-18)20(19-9-5-3-6-10-19)13-16-23(2)14-7-4-8-15-23;/h3,5-6,9-12,17,20H,4,7-8,13-16H2,1-2H3;1H. The Bertz CT molecular complexity index is 665. The van der Waals surface area contributed by atoms with Gasteiger partial charge in [-0.2, -0.15) is 0 Å². The van der Waals surface area contributed by atoms with Gasteiger partial charge in [-0.15, -0.1) is 0 Å². The van der Waals surface area contributed by atoms with Gasteiger partial charge in [0.15, 0.2) is 0 Å². The normalized spacial score (nSPS) is 17.5. The first-order valence-corrected chi connectivity index (χ1v) is 9.25. The second-order valence-electron chi connectivity index (χ2n) is 7.67. The molecule has 0 bridgehead atoms. The zero-order valence-corrected chi connectivity index (χ0v) is 17.6. The van der Waals surface area contributed by atoms with E-state index in [2.05, 4.69) is 50.4 Å². The van der Waals surface area contributed by atoms with Crippen LogP contribution in [0.3, 0.4) is 0 Å². The van der Waals surface area contributed by atoms with Crippen LogP contribution in [-0.2, 0) is 0 Å². The molecule has 0 radical (unpaired) electrons. The summed E-state index contributed by atoms with van der Waals surface area (Å²) < 4.78 is 1.18. The van der Waals surface area contributed by atoms with Gasteiger partial charge in [-0.25, -0.2) is 0 Å². The molecule has 136 valence electrons. The van der Waals surface area contributed by atoms with E-state index in [-0.39, 0.29) is 29.9 Å². The Kier molecular flexibility index (Phi) is 7.32. The van der Waals surface area contributed by atoms with E-state index in [0.29, 0.717) is 5.75 Å². The van der Waals surface area contributed by atoms with E-state index in [1.165, 1.54) is 54.5 Å². The molecule has 2 aromatic rings. The molecule has 0 amide bonds. The first kappa shape index (κ1) is 20.2. The summed E-state index contributed by atoms with van der Waals surface area (Å²) in [6, 6.07) is 16.7. The molecule has 1 N–H and O–H groups in total. The van der Waals surface area contributed by atoms with Crippen LogP contribution in [0.25, 0.3) is 0 Å². The summed E-state index contributed by atoms with van der Waals surface area (Å²) >= 11 is 0. The molecule has 3 heteroatoms. The molecule has 1 unspecified atom stereocenters. The molecule has 2 nitrogen and oxygen atoms in total. The number of phenolic OH excluding ortho intramolecular Hbond substituents is 1. The molecule has 1 atom stereocenters. The third kappa shape index (κ3) is 5.20. The van der Waals surface area contributed by atoms with E-state index in [0.717, 1.165) is 12.0 Å². The van der Waals surface area contributed by atoms with Crippen molar-refractivity contribution in [2.45, 2.75) is 38.5 Å². The van der Waals surface area contributed by atoms with E-state index in [1.54, 1.807) is 0 Å². The fourth-order valence-corrected chi connectivity index (χ4v) is 4.08. The number of aromatic hydroxyl groups is 1. The molecule has 1 saturated heterocycles. The van der Waals surface area contributed by atoms with Crippen LogP contribution in [0.1, 0.15) is 48.3 Å². The Morgan fingerprint density at radius 3 is 2.36 bits per heavy atom. The smallest absolute Gasteiger partial charge is 0.119 e. The lowest BCUT2D eigenvalue weighted by Crippen LogP contribution is -3.00. The van der Waals surface area contributed by atoms with E-state index < -0.39 is 0 Å². The minimum atomic E-state index is 0. The van der Waals surface area contributed by atoms with Gasteiger partial charge in [0, 0.05) is 17.9 Å². The van der Waals surface area contributed by atoms with Crippen molar-refractivity contribution >= 4 is 0 Å². The summed E-state index contributed by atoms with van der Waals surface area (Å²) in [5.74, 6) is 0.693. The highest BCUT2D eigenvalue weighted by Crippen LogP contribution is 2.35. The van der Waals surface area contributed by atoms with Crippen LogP contribution in [-0.4, -0.2) is 36.3 Å². The largest absolute Gasteiger partial charge is 1.00 e. The lowest BCUT2D eigenvalue weighted by atomic mass is 9.86. The second kappa shape index (κ2) is 9.04. The van der Waals surface area contributed by atoms with Crippen LogP contribution in [0.2, 0.25) is 0 Å². The molecule has 1 fully saturated rings. The lowest BCUT2D eigenvalue weighted by Gasteiger charge is -2.39. The first-order chi connectivity index (χ1) is 11.6. The predicted molar refractivity (Wildman–Crippen MR) is 100 cm³/mol. The molecule has 0 saturated carbocycles. The number of quaternary nitrogens is 1. The molecule has 0 aromatic heterocycles. The van der Waals surface area contributed by atoms with Gasteiger partial charge in [0.2, 0.25) is 0 Å². The number of likely N-dealkylation sites (tertiary alicyclic amines) is 1. The van der Waals surface area contributed by atoms with Gasteiger partial charge in [0.25, 0.3) is 0 Å². The average molecular weight is 451 g/mol. The lowest BCUT2D eigenvalue weighted by molar-refractivity contribution is -0.914. The quantitative estimate of drug-likeness (QED) is 0.544. The number of piperidine rings is 1. The van der Waals surface area contributed by atoms with Crippen LogP contribution in [0, 0.1) is 6.92 Å². The van der Waals surface area contributed by atoms with Gasteiger partial charge in [-0.1, -0.05) is 48.0 Å². The third-order valence-electron chi connectivity index (χ3n) is 5.61. The molecule has 1 aliphatic heterocycles. The maximum absolute atomic E-state index is 10.5. The highest BCUT2D eigenvalue weighted by Gasteiger charge is 2.27. The van der Waals surface area contributed by atoms with Gasteiger partial charge in [0.05, 0.1) is 26.7 Å². The number of halogens is 1. The van der Waals surface area contributed by atoms with E-state index in [9.17, 15) is 5.11 Å². The Balaban J connectivity index is 0.00000225. The molecule has 3 rings (SSSR count). The third-order valence-corrected chi connectivity index (χ3v) is 5.61. The van der Waals surface area contributed by atoms with Crippen molar-refractivity contribution in [2.24, 2.45) is 0 Å². The molecule has 1 heterocycles. The van der Waals surface area contributed by atoms with Crippen molar-refractivity contribution in [2.75, 3.05) is 26.7 Å². The topological polar surface area (TPSA) is 20.2 Å². The van der Waals surface area contributed by atoms with Gasteiger partial charge in [0.1, 0.15) is 5.75 Å². The summed E-state index contributed by atoms with van der Waals surface area (Å²) in [7, 11) is 2.40. The maximum Gasteiger partial charge on any atom is 0.119 e. The van der Waals surface area contributed by atoms with Crippen LogP contribution < -0.4 is 24.0 Å². The molecular formula is C22H30INO. The Morgan fingerprint density at radius 2 is 1.68 bits per heavy atom. The maximum atomic E-state index is 10.5. The second-order valence-corrected chi connectivity index (χ2v) is 7.67. The molecule has 25 heavy (non-hydrogen) atoms. The van der Waals surface area contributed by atoms with E-state index >= 15 is 0 Å². The molecule has 1 aliphatic rings. The van der Waals surface area contributed by atoms with Gasteiger partial charge in [-0.05, 0) is 37.8 Å². The summed E-state index contributed by atoms with van der Waals surface area (Å²) in [4.78, 5) is 0. The molecule has 0 spiro atoms. The minimum absolute atomic E-state index is 0. The summed E-state index contributed by atoms with van der Waals surface area (Å²) in [6.45, 7) is 5.86. The van der Waals surface area contributed by atoms with Gasteiger partial charge < -0.3 is 33.6 Å². The van der Waals surface area contributed by atoms with Crippen molar-refractivity contribution in [1.82, 2.24) is 0 Å². The molecule has 0 aliphatic carbocycles. The average Bonchev–Trinajstić information content (AvgIpc) is 2.59. The number of benzene rings is 2. The predicted octanol–water partition coefficient (Wildman–Crippen LogP) is 1.86. The Hall–Kier alpha value is -1.07. The van der Waals surface area contributed by atoms with Crippen molar-refractivity contribution in [3.05, 3.63) is 65.2 Å². The molecular weight excluding hydrogens is 421 g/mol. The minimum Gasteiger partial charge on any atom is -1.00 e. The van der Waals surface area contributed by atoms with Crippen molar-refractivity contribution in [3.8, 4) is 5.75 Å². The van der Waals surface area contributed by atoms with Crippen molar-refractivity contribution in [3.63, 3.8) is 0 Å². The fraction of sp³-hybridized carbons (Fsp3) is 0.455. The molecule has 2 aromatic carbocycles. The van der Waals surface area contributed by atoms with Crippen LogP contribution in [0.5, 0.6) is 5.75 Å². The van der Waals surface area contributed by atoms with E-state index in [1.807, 2.05) is 12.1 Å². The number of hydrogen-bond donors (Lipinski definition) is 1. The van der Waals surface area contributed by atoms with E-state index in [4.69, 9.17) is 0 Å². The summed E-state index contributed by atoms with van der Waals surface area (Å²) in [5, 5.41) is 10.5. The van der Waals surface area contributed by atoms with Crippen molar-refractivity contribution < 1.29 is 33.6 Å². The number of aryl methyl sites for hydroxylation is 1. The number of rotatable bonds is 5. The summed E-state index contributed by atoms with van der Waals surface area (Å²) in [5.41, 5.74) is 3.59. The highest BCUT2D eigenvalue weighted by molar-refractivity contribution is 5.43. The Labute approximate surface area is 169 Å². The Morgan fingerprint density at radius 1 is 1.00 bits per heavy atom.